The van der Waals surface area contributed by atoms with Gasteiger partial charge in [0.15, 0.2) is 11.9 Å². The molecule has 0 spiro atoms. The summed E-state index contributed by atoms with van der Waals surface area (Å²) in [5.74, 6) is 1.54. The fraction of sp³-hybridized carbons (Fsp3) is 0.417. The Hall–Kier alpha value is -3.47. The van der Waals surface area contributed by atoms with Gasteiger partial charge in [-0.25, -0.2) is 9.97 Å². The number of hydrogen-bond acceptors (Lipinski definition) is 6. The van der Waals surface area contributed by atoms with Crippen LogP contribution in [0.15, 0.2) is 48.7 Å². The Balaban J connectivity index is 1.28. The normalized spacial score (nSPS) is 21.1. The second-order valence-corrected chi connectivity index (χ2v) is 9.32. The lowest BCUT2D eigenvalue weighted by molar-refractivity contribution is -0.186. The summed E-state index contributed by atoms with van der Waals surface area (Å²) in [5.41, 5.74) is 3.24. The molecule has 2 aliphatic heterocycles. The number of aromatic nitrogens is 6. The maximum Gasteiger partial charge on any atom is 0.409 e. The molecule has 0 N–H and O–H groups in total. The monoisotopic (exact) mass is 482 g/mol. The molecule has 3 aliphatic rings. The summed E-state index contributed by atoms with van der Waals surface area (Å²) >= 11 is 0. The first kappa shape index (κ1) is 22.0. The summed E-state index contributed by atoms with van der Waals surface area (Å²) in [6.45, 7) is 2.84. The highest BCUT2D eigenvalue weighted by Crippen LogP contribution is 2.41. The van der Waals surface area contributed by atoms with E-state index in [1.165, 1.54) is 18.3 Å². The number of nitrogens with zero attached hydrogens (tertiary/aromatic N) is 8. The molecule has 3 aromatic rings. The topological polar surface area (TPSA) is 67.9 Å². The van der Waals surface area contributed by atoms with Gasteiger partial charge in [0.2, 0.25) is 0 Å². The number of allylic oxidation sites excluding steroid dienone is 3. The smallest absolute Gasteiger partial charge is 0.326 e. The van der Waals surface area contributed by atoms with Gasteiger partial charge < -0.3 is 14.0 Å². The molecule has 11 heteroatoms. The second-order valence-electron chi connectivity index (χ2n) is 9.32. The third-order valence-electron chi connectivity index (χ3n) is 6.91. The van der Waals surface area contributed by atoms with Crippen LogP contribution in [0.3, 0.4) is 0 Å². The second kappa shape index (κ2) is 8.04. The molecule has 1 fully saturated rings. The van der Waals surface area contributed by atoms with Gasteiger partial charge in [0.1, 0.15) is 17.8 Å². The van der Waals surface area contributed by atoms with E-state index in [1.54, 1.807) is 10.9 Å². The van der Waals surface area contributed by atoms with Crippen molar-refractivity contribution in [1.82, 2.24) is 34.2 Å². The molecule has 3 aromatic heterocycles. The highest BCUT2D eigenvalue weighted by atomic mass is 19.4. The fourth-order valence-corrected chi connectivity index (χ4v) is 4.98. The van der Waals surface area contributed by atoms with Crippen molar-refractivity contribution in [3.63, 3.8) is 0 Å². The summed E-state index contributed by atoms with van der Waals surface area (Å²) in [5, 5.41) is 8.35. The van der Waals surface area contributed by atoms with Crippen LogP contribution in [0.2, 0.25) is 0 Å². The number of rotatable bonds is 4. The number of likely N-dealkylation sites (N-methyl/N-ethyl adjacent to an activating group) is 1. The summed E-state index contributed by atoms with van der Waals surface area (Å²) in [6, 6.07) is 4.60. The quantitative estimate of drug-likeness (QED) is 0.555. The van der Waals surface area contributed by atoms with Crippen molar-refractivity contribution in [2.75, 3.05) is 25.0 Å². The van der Waals surface area contributed by atoms with Crippen molar-refractivity contribution >= 4 is 11.5 Å². The maximum absolute atomic E-state index is 13.7. The van der Waals surface area contributed by atoms with Crippen molar-refractivity contribution in [1.29, 1.82) is 0 Å². The summed E-state index contributed by atoms with van der Waals surface area (Å²) < 4.78 is 44.9. The third-order valence-corrected chi connectivity index (χ3v) is 6.91. The van der Waals surface area contributed by atoms with E-state index in [1.807, 2.05) is 37.3 Å². The lowest BCUT2D eigenvalue weighted by atomic mass is 10.0. The van der Waals surface area contributed by atoms with Gasteiger partial charge in [-0.05, 0) is 51.1 Å². The van der Waals surface area contributed by atoms with Gasteiger partial charge in [-0.15, -0.1) is 10.2 Å². The van der Waals surface area contributed by atoms with Crippen LogP contribution in [0, 0.1) is 0 Å². The molecule has 35 heavy (non-hydrogen) atoms. The van der Waals surface area contributed by atoms with Crippen LogP contribution >= 0.6 is 0 Å². The molecular formula is C24H25F3N8. The SMILES string of the molecule is CC1=CC(n2cnc3c2CCN(C)C3C(F)(F)F)=CCN1c1cccc(-c2nncn2C2CC2)n1. The van der Waals surface area contributed by atoms with Gasteiger partial charge in [0, 0.05) is 42.6 Å². The lowest BCUT2D eigenvalue weighted by Crippen LogP contribution is -2.41. The minimum Gasteiger partial charge on any atom is -0.326 e. The van der Waals surface area contributed by atoms with E-state index in [4.69, 9.17) is 4.98 Å². The molecule has 1 unspecified atom stereocenters. The molecule has 0 radical (unpaired) electrons. The lowest BCUT2D eigenvalue weighted by Gasteiger charge is -2.34. The first-order valence-corrected chi connectivity index (χ1v) is 11.7. The predicted molar refractivity (Wildman–Crippen MR) is 124 cm³/mol. The van der Waals surface area contributed by atoms with Gasteiger partial charge in [0.25, 0.3) is 0 Å². The van der Waals surface area contributed by atoms with Gasteiger partial charge in [-0.2, -0.15) is 13.2 Å². The van der Waals surface area contributed by atoms with Crippen LogP contribution in [-0.2, 0) is 6.42 Å². The Morgan fingerprint density at radius 2 is 1.94 bits per heavy atom. The maximum atomic E-state index is 13.7. The minimum absolute atomic E-state index is 0.0924. The van der Waals surface area contributed by atoms with Crippen LogP contribution in [-0.4, -0.2) is 60.5 Å². The van der Waals surface area contributed by atoms with Crippen LogP contribution in [0.25, 0.3) is 17.2 Å². The van der Waals surface area contributed by atoms with Crippen LogP contribution in [0.5, 0.6) is 0 Å². The number of pyridine rings is 1. The number of hydrogen-bond donors (Lipinski definition) is 0. The molecule has 1 saturated carbocycles. The third kappa shape index (κ3) is 3.83. The zero-order chi connectivity index (χ0) is 24.3. The first-order chi connectivity index (χ1) is 16.8. The standard InChI is InChI=1S/C24H25F3N8/c1-15-12-17(34-13-28-21-19(34)9-10-32(2)22(21)24(25,26)27)8-11-33(15)20-5-3-4-18(30-20)23-31-29-14-35(23)16-6-7-16/h3-5,8,12-14,16,22H,6-7,9-11H2,1-2H3. The van der Waals surface area contributed by atoms with Crippen molar-refractivity contribution in [3.8, 4) is 11.5 Å². The number of fused-ring (bicyclic) bond motifs is 1. The van der Waals surface area contributed by atoms with E-state index in [2.05, 4.69) is 24.6 Å². The highest BCUT2D eigenvalue weighted by molar-refractivity contribution is 5.67. The molecular weight excluding hydrogens is 457 g/mol. The summed E-state index contributed by atoms with van der Waals surface area (Å²) in [4.78, 5) is 12.4. The number of anilines is 1. The van der Waals surface area contributed by atoms with E-state index in [0.717, 1.165) is 41.6 Å². The molecule has 0 aromatic carbocycles. The molecule has 1 atom stereocenters. The molecule has 0 saturated heterocycles. The molecule has 0 amide bonds. The van der Waals surface area contributed by atoms with Crippen LogP contribution in [0.4, 0.5) is 19.0 Å². The van der Waals surface area contributed by atoms with Crippen LogP contribution in [0.1, 0.15) is 43.2 Å². The van der Waals surface area contributed by atoms with Gasteiger partial charge in [0.05, 0.1) is 12.0 Å². The highest BCUT2D eigenvalue weighted by Gasteiger charge is 2.48. The van der Waals surface area contributed by atoms with Gasteiger partial charge in [-0.3, -0.25) is 4.90 Å². The number of alkyl halides is 3. The Morgan fingerprint density at radius 3 is 2.69 bits per heavy atom. The van der Waals surface area contributed by atoms with Crippen molar-refractivity contribution in [2.45, 2.75) is 44.4 Å². The zero-order valence-corrected chi connectivity index (χ0v) is 19.4. The Labute approximate surface area is 200 Å². The molecule has 8 nitrogen and oxygen atoms in total. The van der Waals surface area contributed by atoms with Crippen molar-refractivity contribution in [3.05, 3.63) is 60.1 Å². The fourth-order valence-electron chi connectivity index (χ4n) is 4.98. The van der Waals surface area contributed by atoms with Crippen molar-refractivity contribution < 1.29 is 13.2 Å². The predicted octanol–water partition coefficient (Wildman–Crippen LogP) is 4.23. The first-order valence-electron chi connectivity index (χ1n) is 11.7. The molecule has 6 rings (SSSR count). The molecule has 0 bridgehead atoms. The summed E-state index contributed by atoms with van der Waals surface area (Å²) in [6.07, 6.45) is 5.64. The minimum atomic E-state index is -4.37. The van der Waals surface area contributed by atoms with E-state index in [9.17, 15) is 13.2 Å². The Morgan fingerprint density at radius 1 is 1.11 bits per heavy atom. The van der Waals surface area contributed by atoms with E-state index < -0.39 is 12.2 Å². The molecule has 182 valence electrons. The van der Waals surface area contributed by atoms with Gasteiger partial charge in [-0.1, -0.05) is 6.07 Å². The average Bonchev–Trinajstić information content (AvgIpc) is 3.39. The molecule has 1 aliphatic carbocycles. The largest absolute Gasteiger partial charge is 0.409 e. The Kier molecular flexibility index (Phi) is 5.06. The van der Waals surface area contributed by atoms with E-state index in [-0.39, 0.29) is 5.69 Å². The number of imidazole rings is 1. The van der Waals surface area contributed by atoms with E-state index >= 15 is 0 Å². The zero-order valence-electron chi connectivity index (χ0n) is 19.4. The van der Waals surface area contributed by atoms with E-state index in [0.29, 0.717) is 31.2 Å². The van der Waals surface area contributed by atoms with Crippen molar-refractivity contribution in [2.24, 2.45) is 0 Å². The Bertz CT molecular complexity index is 1330. The number of halogens is 3. The summed E-state index contributed by atoms with van der Waals surface area (Å²) in [7, 11) is 1.50. The average molecular weight is 483 g/mol. The molecule has 5 heterocycles. The van der Waals surface area contributed by atoms with Gasteiger partial charge >= 0.3 is 6.18 Å². The van der Waals surface area contributed by atoms with Crippen LogP contribution < -0.4 is 4.90 Å².